The highest BCUT2D eigenvalue weighted by atomic mass is 32.2. The molecule has 7 heteroatoms. The summed E-state index contributed by atoms with van der Waals surface area (Å²) in [6, 6.07) is 13.5. The van der Waals surface area contributed by atoms with Crippen molar-refractivity contribution in [1.82, 2.24) is 4.57 Å². The first-order valence-corrected chi connectivity index (χ1v) is 9.81. The number of carbonyl (C=O) groups is 1. The predicted molar refractivity (Wildman–Crippen MR) is 98.8 cm³/mol. The Morgan fingerprint density at radius 3 is 2.65 bits per heavy atom. The molecular formula is C19H18N2O4S. The third kappa shape index (κ3) is 2.64. The minimum absolute atomic E-state index is 0.135. The molecule has 0 bridgehead atoms. The summed E-state index contributed by atoms with van der Waals surface area (Å²) in [4.78, 5) is 12.6. The van der Waals surface area contributed by atoms with Crippen LogP contribution in [0, 0.1) is 0 Å². The average molecular weight is 370 g/mol. The van der Waals surface area contributed by atoms with E-state index in [0.29, 0.717) is 5.39 Å². The lowest BCUT2D eigenvalue weighted by Crippen LogP contribution is -2.16. The van der Waals surface area contributed by atoms with Crippen LogP contribution in [0.25, 0.3) is 10.9 Å². The fourth-order valence-electron chi connectivity index (χ4n) is 3.49. The molecule has 0 spiro atoms. The molecule has 0 saturated heterocycles. The number of sulfonamides is 1. The van der Waals surface area contributed by atoms with E-state index in [2.05, 4.69) is 9.29 Å². The van der Waals surface area contributed by atoms with E-state index in [0.717, 1.165) is 30.6 Å². The molecule has 0 fully saturated rings. The van der Waals surface area contributed by atoms with Crippen LogP contribution in [-0.4, -0.2) is 26.1 Å². The largest absolute Gasteiger partial charge is 0.465 e. The number of benzene rings is 2. The molecule has 6 nitrogen and oxygen atoms in total. The highest BCUT2D eigenvalue weighted by Gasteiger charge is 2.25. The van der Waals surface area contributed by atoms with Gasteiger partial charge in [0.15, 0.2) is 0 Å². The zero-order valence-electron chi connectivity index (χ0n) is 14.2. The van der Waals surface area contributed by atoms with Gasteiger partial charge in [0.05, 0.1) is 23.3 Å². The summed E-state index contributed by atoms with van der Waals surface area (Å²) in [5.74, 6) is -0.564. The Labute approximate surface area is 151 Å². The van der Waals surface area contributed by atoms with Gasteiger partial charge in [0.1, 0.15) is 0 Å². The summed E-state index contributed by atoms with van der Waals surface area (Å²) in [5, 5.41) is 0.708. The molecule has 2 aromatic carbocycles. The van der Waals surface area contributed by atoms with Gasteiger partial charge in [-0.1, -0.05) is 18.2 Å². The summed E-state index contributed by atoms with van der Waals surface area (Å²) >= 11 is 0. The molecule has 0 aliphatic carbocycles. The summed E-state index contributed by atoms with van der Waals surface area (Å²) in [7, 11) is -2.51. The first-order chi connectivity index (χ1) is 12.5. The van der Waals surface area contributed by atoms with E-state index < -0.39 is 16.0 Å². The number of ether oxygens (including phenoxy) is 1. The quantitative estimate of drug-likeness (QED) is 0.716. The second-order valence-corrected chi connectivity index (χ2v) is 7.90. The third-order valence-electron chi connectivity index (χ3n) is 4.67. The zero-order chi connectivity index (χ0) is 18.3. The topological polar surface area (TPSA) is 77.4 Å². The molecule has 1 aliphatic rings. The molecule has 0 radical (unpaired) electrons. The van der Waals surface area contributed by atoms with Crippen molar-refractivity contribution in [3.63, 3.8) is 0 Å². The number of aromatic nitrogens is 1. The standard InChI is InChI=1S/C19H18N2O4S/c1-25-19(22)18-15-12-13-6-5-11-21(13)17(15)10-9-16(18)20-26(23,24)14-7-3-2-4-8-14/h2-4,7-10,12,20H,5-6,11H2,1H3. The molecule has 4 rings (SSSR count). The maximum atomic E-state index is 12.7. The number of anilines is 1. The smallest absolute Gasteiger partial charge is 0.340 e. The van der Waals surface area contributed by atoms with Crippen LogP contribution >= 0.6 is 0 Å². The fraction of sp³-hybridized carbons (Fsp3) is 0.211. The monoisotopic (exact) mass is 370 g/mol. The van der Waals surface area contributed by atoms with E-state index in [-0.39, 0.29) is 16.1 Å². The molecule has 1 aromatic heterocycles. The molecule has 0 amide bonds. The van der Waals surface area contributed by atoms with Crippen molar-refractivity contribution < 1.29 is 17.9 Å². The number of aryl methyl sites for hydroxylation is 2. The maximum absolute atomic E-state index is 12.7. The molecular weight excluding hydrogens is 352 g/mol. The van der Waals surface area contributed by atoms with Gasteiger partial charge < -0.3 is 9.30 Å². The lowest BCUT2D eigenvalue weighted by molar-refractivity contribution is 0.0604. The van der Waals surface area contributed by atoms with Crippen LogP contribution < -0.4 is 4.72 Å². The minimum atomic E-state index is -3.81. The van der Waals surface area contributed by atoms with Crippen LogP contribution in [0.15, 0.2) is 53.4 Å². The van der Waals surface area contributed by atoms with Crippen LogP contribution in [-0.2, 0) is 27.7 Å². The van der Waals surface area contributed by atoms with Gasteiger partial charge in [-0.2, -0.15) is 0 Å². The van der Waals surface area contributed by atoms with E-state index in [9.17, 15) is 13.2 Å². The SMILES string of the molecule is COC(=O)c1c(NS(=O)(=O)c2ccccc2)ccc2c1cc1n2CCC1. The molecule has 1 N–H and O–H groups in total. The van der Waals surface area contributed by atoms with Gasteiger partial charge in [-0.15, -0.1) is 0 Å². The summed E-state index contributed by atoms with van der Waals surface area (Å²) in [6.45, 7) is 0.897. The first kappa shape index (κ1) is 16.7. The van der Waals surface area contributed by atoms with Gasteiger partial charge in [-0.05, 0) is 43.2 Å². The molecule has 2 heterocycles. The Morgan fingerprint density at radius 2 is 1.92 bits per heavy atom. The van der Waals surface area contributed by atoms with Gasteiger partial charge in [0.2, 0.25) is 0 Å². The minimum Gasteiger partial charge on any atom is -0.465 e. The lowest BCUT2D eigenvalue weighted by Gasteiger charge is -2.13. The molecule has 134 valence electrons. The van der Waals surface area contributed by atoms with Gasteiger partial charge in [-0.25, -0.2) is 13.2 Å². The van der Waals surface area contributed by atoms with Gasteiger partial charge in [0.25, 0.3) is 10.0 Å². The van der Waals surface area contributed by atoms with Crippen LogP contribution in [0.5, 0.6) is 0 Å². The second-order valence-electron chi connectivity index (χ2n) is 6.22. The number of esters is 1. The highest BCUT2D eigenvalue weighted by molar-refractivity contribution is 7.92. The van der Waals surface area contributed by atoms with Crippen molar-refractivity contribution in [3.05, 3.63) is 59.8 Å². The fourth-order valence-corrected chi connectivity index (χ4v) is 4.58. The molecule has 0 atom stereocenters. The lowest BCUT2D eigenvalue weighted by atomic mass is 10.1. The molecule has 0 saturated carbocycles. The number of carbonyl (C=O) groups excluding carboxylic acids is 1. The van der Waals surface area contributed by atoms with E-state index in [1.807, 2.05) is 12.1 Å². The number of hydrogen-bond acceptors (Lipinski definition) is 4. The average Bonchev–Trinajstić information content (AvgIpc) is 3.22. The molecule has 3 aromatic rings. The van der Waals surface area contributed by atoms with Crippen LogP contribution in [0.1, 0.15) is 22.5 Å². The number of methoxy groups -OCH3 is 1. The van der Waals surface area contributed by atoms with Gasteiger partial charge in [-0.3, -0.25) is 4.72 Å². The first-order valence-electron chi connectivity index (χ1n) is 8.32. The van der Waals surface area contributed by atoms with Gasteiger partial charge >= 0.3 is 5.97 Å². The predicted octanol–water partition coefficient (Wildman–Crippen LogP) is 3.17. The van der Waals surface area contributed by atoms with E-state index >= 15 is 0 Å². The summed E-state index contributed by atoms with van der Waals surface area (Å²) in [5.41, 5.74) is 2.53. The van der Waals surface area contributed by atoms with E-state index in [1.165, 1.54) is 19.2 Å². The Morgan fingerprint density at radius 1 is 1.15 bits per heavy atom. The van der Waals surface area contributed by atoms with E-state index in [1.54, 1.807) is 24.3 Å². The van der Waals surface area contributed by atoms with Crippen molar-refractivity contribution in [3.8, 4) is 0 Å². The molecule has 26 heavy (non-hydrogen) atoms. The normalized spacial score (nSPS) is 13.6. The van der Waals surface area contributed by atoms with Crippen molar-refractivity contribution in [2.45, 2.75) is 24.3 Å². The summed E-state index contributed by atoms with van der Waals surface area (Å²) in [6.07, 6.45) is 2.02. The second kappa shape index (κ2) is 6.17. The Kier molecular flexibility index (Phi) is 3.96. The molecule has 1 aliphatic heterocycles. The van der Waals surface area contributed by atoms with Crippen molar-refractivity contribution >= 4 is 32.6 Å². The number of rotatable bonds is 4. The number of fused-ring (bicyclic) bond motifs is 3. The summed E-state index contributed by atoms with van der Waals surface area (Å²) < 4.78 is 35.0. The number of nitrogens with zero attached hydrogens (tertiary/aromatic N) is 1. The highest BCUT2D eigenvalue weighted by Crippen LogP contribution is 2.33. The van der Waals surface area contributed by atoms with Crippen molar-refractivity contribution in [2.24, 2.45) is 0 Å². The van der Waals surface area contributed by atoms with Gasteiger partial charge in [0, 0.05) is 23.1 Å². The van der Waals surface area contributed by atoms with Crippen LogP contribution in [0.3, 0.4) is 0 Å². The van der Waals surface area contributed by atoms with Crippen LogP contribution in [0.2, 0.25) is 0 Å². The maximum Gasteiger partial charge on any atom is 0.340 e. The zero-order valence-corrected chi connectivity index (χ0v) is 15.0. The van der Waals surface area contributed by atoms with Crippen molar-refractivity contribution in [2.75, 3.05) is 11.8 Å². The Hall–Kier alpha value is -2.80. The number of nitrogens with one attached hydrogen (secondary N) is 1. The number of hydrogen-bond donors (Lipinski definition) is 1. The van der Waals surface area contributed by atoms with Crippen molar-refractivity contribution in [1.29, 1.82) is 0 Å². The Balaban J connectivity index is 1.86. The Bertz CT molecular complexity index is 1100. The van der Waals surface area contributed by atoms with Crippen LogP contribution in [0.4, 0.5) is 5.69 Å². The molecule has 0 unspecified atom stereocenters. The van der Waals surface area contributed by atoms with E-state index in [4.69, 9.17) is 4.74 Å². The third-order valence-corrected chi connectivity index (χ3v) is 6.05.